The van der Waals surface area contributed by atoms with Crippen LogP contribution in [-0.4, -0.2) is 318 Å². The first-order valence-corrected chi connectivity index (χ1v) is 35.2. The van der Waals surface area contributed by atoms with Gasteiger partial charge in [0.05, 0.1) is 54.9 Å². The first kappa shape index (κ1) is 92.1. The van der Waals surface area contributed by atoms with Gasteiger partial charge in [0.15, 0.2) is 54.6 Å². The van der Waals surface area contributed by atoms with Gasteiger partial charge in [-0.05, 0) is 83.5 Å². The molecule has 3 heterocycles. The standard InChI is InChI=1S/C59H118N30O19/c60-23(7-1-13-78-54(66)67)45(97)84-20-31-37(92)39(94)34(88-49(101)27(64)11-5-17-82-58(74)75)51(103-31)106-42-30(87-48(100)26(63)10-4-16-81-57(72)73)19-29(86-47(99)25(62)9-3-15-80-56(70)71)36(91)44(42)108-53-41(96)43(33(22-90)105-53)107-52-35(89-50(102)28(65)12-6-18-83-59(76)77)40(95)38(93)32(104-52)21-85-46(98)24(61)8-2-14-79-55(68)69/h23-44,51-53,90-96H,1-22,60-65H2,(H,84,97)(H,85,98)(H,86,99)(H,87,100)(H,88,101)(H,89,102)(H4,66,67,78)(H4,68,69,79)(H4,70,71,80)(H4,72,73,81)(H4,74,75,82)(H4,76,77,83)/t23?,24?,25?,26?,27?,28?,29-,30+,31-,32+,33+,34-,35-,36+,37-,38-,39-,40-,41+,42-,43+,44-,51-,52-,53-/m1/s1. The van der Waals surface area contributed by atoms with Crippen molar-refractivity contribution in [3.05, 3.63) is 0 Å². The topological polar surface area (TPSA) is 914 Å². The maximum Gasteiger partial charge on any atom is 0.237 e. The fourth-order valence-electron chi connectivity index (χ4n) is 11.8. The molecule has 3 aliphatic heterocycles. The zero-order chi connectivity index (χ0) is 80.6. The third kappa shape index (κ3) is 30.3. The fraction of sp³-hybridized carbons (Fsp3) is 0.797. The van der Waals surface area contributed by atoms with E-state index in [0.29, 0.717) is 0 Å². The van der Waals surface area contributed by atoms with Gasteiger partial charge in [-0.3, -0.25) is 58.7 Å². The second-order valence-corrected chi connectivity index (χ2v) is 26.4. The Kier molecular flexibility index (Phi) is 39.4. The quantitative estimate of drug-likeness (QED) is 0.0153. The average Bonchev–Trinajstić information content (AvgIpc) is 1.43. The summed E-state index contributed by atoms with van der Waals surface area (Å²) in [6, 6.07) is -14.6. The van der Waals surface area contributed by atoms with Crippen molar-refractivity contribution in [1.82, 2.24) is 31.9 Å². The molecule has 1 saturated carbocycles. The Morgan fingerprint density at radius 3 is 0.935 bits per heavy atom. The van der Waals surface area contributed by atoms with Crippen LogP contribution in [0.4, 0.5) is 0 Å². The zero-order valence-electron chi connectivity index (χ0n) is 60.1. The monoisotopic (exact) mass is 1550 g/mol. The van der Waals surface area contributed by atoms with E-state index in [1.54, 1.807) is 0 Å². The van der Waals surface area contributed by atoms with E-state index in [-0.39, 0.29) is 152 Å². The Morgan fingerprint density at radius 1 is 0.343 bits per heavy atom. The summed E-state index contributed by atoms with van der Waals surface area (Å²) in [5.74, 6) is -6.57. The number of carbonyl (C=O) groups excluding carboxylic acids is 6. The number of aliphatic imine (C=N–C) groups is 6. The molecule has 618 valence electrons. The SMILES string of the molecule is NC(N)=NCCCC(N)C(=O)NC[C@@H]1O[C@H](O[C@@H]2[C@H](O)[C@@H](O[C@@H]3[C@@H](O)[C@H](NC(=O)C(N)CCCN=C(N)N)C[C@H](NC(=O)C(N)CCCN=C(N)N)[C@H]3O[C@H]3O[C@H](CNC(=O)C(N)CCCN=C(N)N)[C@@H](O)[C@H](O)[C@H]3NC(=O)C(N)CCCN=C(N)N)O[C@H]2CO)[C@H](NC(=O)C(N)CCCN=C(N)N)[C@@H](O)[C@@H]1O. The zero-order valence-corrected chi connectivity index (χ0v) is 60.1. The molecule has 3 saturated heterocycles. The van der Waals surface area contributed by atoms with E-state index in [1.165, 1.54) is 0 Å². The van der Waals surface area contributed by atoms with Crippen LogP contribution in [0.5, 0.6) is 0 Å². The Bertz CT molecular complexity index is 3000. The third-order valence-corrected chi connectivity index (χ3v) is 17.8. The first-order valence-electron chi connectivity index (χ1n) is 35.2. The van der Waals surface area contributed by atoms with Crippen LogP contribution in [0, 0.1) is 0 Å². The average molecular weight is 1550 g/mol. The van der Waals surface area contributed by atoms with Crippen LogP contribution in [0.3, 0.4) is 0 Å². The number of rotatable bonds is 45. The summed E-state index contributed by atoms with van der Waals surface area (Å²) in [5.41, 5.74) is 103. The van der Waals surface area contributed by atoms with Crippen molar-refractivity contribution in [3.63, 3.8) is 0 Å². The lowest BCUT2D eigenvalue weighted by Crippen LogP contribution is -2.71. The first-order chi connectivity index (χ1) is 50.9. The second-order valence-electron chi connectivity index (χ2n) is 26.4. The summed E-state index contributed by atoms with van der Waals surface area (Å²) in [7, 11) is 0. The highest BCUT2D eigenvalue weighted by Crippen LogP contribution is 2.36. The number of carbonyl (C=O) groups is 6. The smallest absolute Gasteiger partial charge is 0.237 e. The van der Waals surface area contributed by atoms with Gasteiger partial charge in [-0.15, -0.1) is 0 Å². The number of amides is 6. The van der Waals surface area contributed by atoms with Crippen molar-refractivity contribution in [2.24, 2.45) is 133 Å². The van der Waals surface area contributed by atoms with Gasteiger partial charge in [0.25, 0.3) is 0 Å². The Hall–Kier alpha value is -8.32. The molecule has 25 atom stereocenters. The molecule has 1 aliphatic carbocycles. The number of hydrogen-bond donors (Lipinski definition) is 31. The maximum absolute atomic E-state index is 14.5. The lowest BCUT2D eigenvalue weighted by molar-refractivity contribution is -0.311. The summed E-state index contributed by atoms with van der Waals surface area (Å²) in [5, 5.41) is 99.5. The molecule has 4 aliphatic rings. The van der Waals surface area contributed by atoms with Gasteiger partial charge >= 0.3 is 0 Å². The number of nitrogens with zero attached hydrogens (tertiary/aromatic N) is 6. The minimum absolute atomic E-state index is 0.0252. The summed E-state index contributed by atoms with van der Waals surface area (Å²) in [6.45, 7) is -1.81. The molecule has 49 nitrogen and oxygen atoms in total. The molecular formula is C59H118N30O19. The van der Waals surface area contributed by atoms with Crippen LogP contribution < -0.4 is 135 Å². The Morgan fingerprint density at radius 2 is 0.620 bits per heavy atom. The number of nitrogens with one attached hydrogen (secondary N) is 6. The van der Waals surface area contributed by atoms with Crippen LogP contribution in [0.15, 0.2) is 30.0 Å². The number of aliphatic hydroxyl groups is 7. The van der Waals surface area contributed by atoms with E-state index in [2.05, 4.69) is 61.9 Å². The van der Waals surface area contributed by atoms with Gasteiger partial charge in [-0.1, -0.05) is 0 Å². The molecule has 0 spiro atoms. The van der Waals surface area contributed by atoms with Crippen molar-refractivity contribution >= 4 is 71.2 Å². The second kappa shape index (κ2) is 46.3. The van der Waals surface area contributed by atoms with E-state index in [1.807, 2.05) is 0 Å². The van der Waals surface area contributed by atoms with Gasteiger partial charge in [0.1, 0.15) is 85.3 Å². The van der Waals surface area contributed by atoms with Crippen molar-refractivity contribution < 1.29 is 92.9 Å². The fourth-order valence-corrected chi connectivity index (χ4v) is 11.8. The Balaban J connectivity index is 1.91. The molecule has 6 unspecified atom stereocenters. The molecule has 0 aromatic heterocycles. The largest absolute Gasteiger partial charge is 0.394 e. The van der Waals surface area contributed by atoms with Gasteiger partial charge in [0, 0.05) is 52.4 Å². The molecule has 108 heavy (non-hydrogen) atoms. The summed E-state index contributed by atoms with van der Waals surface area (Å²) in [6.07, 6.45) is -28.9. The highest BCUT2D eigenvalue weighted by molar-refractivity contribution is 5.85. The molecule has 0 bridgehead atoms. The van der Waals surface area contributed by atoms with Crippen molar-refractivity contribution in [2.75, 3.05) is 59.0 Å². The number of ether oxygens (including phenoxy) is 6. The molecule has 49 N–H and O–H groups in total. The van der Waals surface area contributed by atoms with Crippen LogP contribution in [0.25, 0.3) is 0 Å². The predicted molar refractivity (Wildman–Crippen MR) is 389 cm³/mol. The summed E-state index contributed by atoms with van der Waals surface area (Å²) in [4.78, 5) is 107. The Labute approximate surface area is 622 Å². The normalized spacial score (nSPS) is 29.1. The van der Waals surface area contributed by atoms with E-state index < -0.39 is 214 Å². The summed E-state index contributed by atoms with van der Waals surface area (Å²) >= 11 is 0. The maximum atomic E-state index is 14.5. The van der Waals surface area contributed by atoms with Gasteiger partial charge in [-0.2, -0.15) is 0 Å². The number of nitrogens with two attached hydrogens (primary N) is 18. The highest BCUT2D eigenvalue weighted by Gasteiger charge is 2.57. The number of guanidine groups is 6. The van der Waals surface area contributed by atoms with E-state index in [4.69, 9.17) is 132 Å². The molecule has 0 aromatic rings. The summed E-state index contributed by atoms with van der Waals surface area (Å²) < 4.78 is 38.4. The van der Waals surface area contributed by atoms with Gasteiger partial charge < -0.3 is 199 Å². The molecule has 49 heteroatoms. The van der Waals surface area contributed by atoms with Crippen molar-refractivity contribution in [1.29, 1.82) is 0 Å². The number of aliphatic hydroxyl groups excluding tert-OH is 7. The third-order valence-electron chi connectivity index (χ3n) is 17.8. The van der Waals surface area contributed by atoms with Crippen molar-refractivity contribution in [2.45, 2.75) is 236 Å². The number of hydrogen-bond acceptors (Lipinski definition) is 31. The minimum Gasteiger partial charge on any atom is -0.394 e. The van der Waals surface area contributed by atoms with Crippen molar-refractivity contribution in [3.8, 4) is 0 Å². The molecule has 4 rings (SSSR count). The predicted octanol–water partition coefficient (Wildman–Crippen LogP) is -17.7. The van der Waals surface area contributed by atoms with Gasteiger partial charge in [-0.25, -0.2) is 0 Å². The molecule has 4 fully saturated rings. The van der Waals surface area contributed by atoms with E-state index in [9.17, 15) is 64.5 Å². The minimum atomic E-state index is -2.19. The van der Waals surface area contributed by atoms with Crippen LogP contribution in [0.2, 0.25) is 0 Å². The van der Waals surface area contributed by atoms with Crippen LogP contribution >= 0.6 is 0 Å². The molecule has 0 radical (unpaired) electrons. The van der Waals surface area contributed by atoms with E-state index in [0.717, 1.165) is 0 Å². The molecular weight excluding hydrogens is 1430 g/mol. The van der Waals surface area contributed by atoms with Crippen LogP contribution in [0.1, 0.15) is 83.5 Å². The van der Waals surface area contributed by atoms with E-state index >= 15 is 0 Å². The van der Waals surface area contributed by atoms with Gasteiger partial charge in [0.2, 0.25) is 35.4 Å². The van der Waals surface area contributed by atoms with Crippen LogP contribution in [-0.2, 0) is 57.2 Å². The lowest BCUT2D eigenvalue weighted by Gasteiger charge is -2.49. The molecule has 6 amide bonds. The molecule has 0 aromatic carbocycles. The lowest BCUT2D eigenvalue weighted by atomic mass is 9.82. The highest BCUT2D eigenvalue weighted by atomic mass is 16.8.